The molecule has 0 aromatic heterocycles. The molecule has 3 fully saturated rings. The summed E-state index contributed by atoms with van der Waals surface area (Å²) in [6.07, 6.45) is 4.66. The van der Waals surface area contributed by atoms with Gasteiger partial charge in [-0.05, 0) is 62.1 Å². The Morgan fingerprint density at radius 3 is 2.82 bits per heavy atom. The summed E-state index contributed by atoms with van der Waals surface area (Å²) in [5, 5.41) is 16.0. The summed E-state index contributed by atoms with van der Waals surface area (Å²) < 4.78 is 5.62. The molecular formula is C24H28Cl2N4O4. The predicted molar refractivity (Wildman–Crippen MR) is 126 cm³/mol. The van der Waals surface area contributed by atoms with E-state index in [0.717, 1.165) is 25.7 Å². The van der Waals surface area contributed by atoms with E-state index in [4.69, 9.17) is 27.9 Å². The number of ether oxygens (including phenoxy) is 1. The second-order valence-corrected chi connectivity index (χ2v) is 10.1. The summed E-state index contributed by atoms with van der Waals surface area (Å²) in [5.74, 6) is -0.362. The molecule has 1 saturated carbocycles. The van der Waals surface area contributed by atoms with Gasteiger partial charge in [0.15, 0.2) is 6.61 Å². The molecule has 3 amide bonds. The monoisotopic (exact) mass is 506 g/mol. The van der Waals surface area contributed by atoms with Crippen LogP contribution in [0, 0.1) is 29.1 Å². The number of likely N-dealkylation sites (tertiary alicyclic amines) is 1. The minimum Gasteiger partial charge on any atom is -0.482 e. The van der Waals surface area contributed by atoms with Gasteiger partial charge in [-0.15, -0.1) is 0 Å². The molecule has 5 atom stereocenters. The van der Waals surface area contributed by atoms with E-state index in [0.29, 0.717) is 35.3 Å². The van der Waals surface area contributed by atoms with Crippen molar-refractivity contribution in [2.45, 2.75) is 50.6 Å². The van der Waals surface area contributed by atoms with Crippen molar-refractivity contribution >= 4 is 40.9 Å². The Balaban J connectivity index is 1.42. The van der Waals surface area contributed by atoms with Gasteiger partial charge in [-0.25, -0.2) is 0 Å². The highest BCUT2D eigenvalue weighted by Gasteiger charge is 2.49. The highest BCUT2D eigenvalue weighted by Crippen LogP contribution is 2.42. The molecule has 2 heterocycles. The second kappa shape index (κ2) is 10.8. The summed E-state index contributed by atoms with van der Waals surface area (Å²) >= 11 is 12.0. The van der Waals surface area contributed by atoms with Gasteiger partial charge in [0.2, 0.25) is 11.8 Å². The van der Waals surface area contributed by atoms with Gasteiger partial charge < -0.3 is 20.3 Å². The van der Waals surface area contributed by atoms with E-state index in [2.05, 4.69) is 16.7 Å². The number of amides is 3. The molecule has 1 unspecified atom stereocenters. The molecule has 0 spiro atoms. The molecule has 3 aliphatic rings. The zero-order chi connectivity index (χ0) is 24.2. The fraction of sp³-hybridized carbons (Fsp3) is 0.583. The number of halogens is 2. The molecular weight excluding hydrogens is 479 g/mol. The normalized spacial score (nSPS) is 26.9. The van der Waals surface area contributed by atoms with Crippen LogP contribution in [-0.2, 0) is 14.4 Å². The van der Waals surface area contributed by atoms with Crippen LogP contribution in [-0.4, -0.2) is 54.4 Å². The maximum Gasteiger partial charge on any atom is 0.261 e. The third-order valence-electron chi connectivity index (χ3n) is 7.12. The van der Waals surface area contributed by atoms with Crippen LogP contribution in [0.15, 0.2) is 18.2 Å². The Morgan fingerprint density at radius 2 is 2.09 bits per heavy atom. The van der Waals surface area contributed by atoms with E-state index in [9.17, 15) is 19.6 Å². The van der Waals surface area contributed by atoms with Gasteiger partial charge in [0.25, 0.3) is 5.91 Å². The predicted octanol–water partition coefficient (Wildman–Crippen LogP) is 2.92. The molecule has 2 aliphatic heterocycles. The summed E-state index contributed by atoms with van der Waals surface area (Å²) in [6.45, 7) is 0.875. The van der Waals surface area contributed by atoms with E-state index in [1.54, 1.807) is 17.0 Å². The number of nitrogens with one attached hydrogen (secondary N) is 2. The number of fused-ring (bicyclic) bond motifs is 1. The molecule has 10 heteroatoms. The number of hydrogen-bond acceptors (Lipinski definition) is 5. The first kappa shape index (κ1) is 24.6. The van der Waals surface area contributed by atoms with E-state index >= 15 is 0 Å². The van der Waals surface area contributed by atoms with Gasteiger partial charge in [-0.1, -0.05) is 29.6 Å². The first-order valence-electron chi connectivity index (χ1n) is 11.7. The maximum absolute atomic E-state index is 13.3. The SMILES string of the molecule is N#C[C@H](C[C@@H]1CCCNC1=O)NC(=O)[C@@H]1[C@H]2CCCC2CN1C(=O)COc1ccc(Cl)cc1Cl. The molecule has 1 aromatic carbocycles. The minimum atomic E-state index is -0.789. The van der Waals surface area contributed by atoms with Crippen LogP contribution in [0.5, 0.6) is 5.75 Å². The van der Waals surface area contributed by atoms with E-state index in [1.165, 1.54) is 6.07 Å². The van der Waals surface area contributed by atoms with E-state index in [-0.39, 0.29) is 48.5 Å². The van der Waals surface area contributed by atoms with Crippen molar-refractivity contribution in [2.75, 3.05) is 19.7 Å². The van der Waals surface area contributed by atoms with Crippen molar-refractivity contribution in [1.82, 2.24) is 15.5 Å². The van der Waals surface area contributed by atoms with Crippen LogP contribution >= 0.6 is 23.2 Å². The third kappa shape index (κ3) is 5.42. The molecule has 1 aromatic rings. The quantitative estimate of drug-likeness (QED) is 0.590. The van der Waals surface area contributed by atoms with Gasteiger partial charge >= 0.3 is 0 Å². The number of benzene rings is 1. The van der Waals surface area contributed by atoms with Gasteiger partial charge in [0, 0.05) is 24.0 Å². The fourth-order valence-electron chi connectivity index (χ4n) is 5.46. The van der Waals surface area contributed by atoms with Crippen LogP contribution < -0.4 is 15.4 Å². The highest BCUT2D eigenvalue weighted by molar-refractivity contribution is 6.35. The Bertz CT molecular complexity index is 998. The van der Waals surface area contributed by atoms with Crippen LogP contribution in [0.1, 0.15) is 38.5 Å². The van der Waals surface area contributed by atoms with Crippen molar-refractivity contribution in [3.05, 3.63) is 28.2 Å². The average Bonchev–Trinajstić information content (AvgIpc) is 3.40. The number of carbonyl (C=O) groups is 3. The van der Waals surface area contributed by atoms with E-state index in [1.807, 2.05) is 0 Å². The Morgan fingerprint density at radius 1 is 1.26 bits per heavy atom. The summed E-state index contributed by atoms with van der Waals surface area (Å²) in [7, 11) is 0. The van der Waals surface area contributed by atoms with Gasteiger partial charge in [0.05, 0.1) is 11.1 Å². The zero-order valence-electron chi connectivity index (χ0n) is 18.8. The topological polar surface area (TPSA) is 112 Å². The third-order valence-corrected chi connectivity index (χ3v) is 7.65. The lowest BCUT2D eigenvalue weighted by Gasteiger charge is -2.29. The molecule has 4 rings (SSSR count). The highest BCUT2D eigenvalue weighted by atomic mass is 35.5. The average molecular weight is 507 g/mol. The molecule has 2 N–H and O–H groups in total. The van der Waals surface area contributed by atoms with Gasteiger partial charge in [-0.3, -0.25) is 14.4 Å². The van der Waals surface area contributed by atoms with Crippen molar-refractivity contribution in [2.24, 2.45) is 17.8 Å². The number of nitrogens with zero attached hydrogens (tertiary/aromatic N) is 2. The molecule has 1 aliphatic carbocycles. The lowest BCUT2D eigenvalue weighted by Crippen LogP contribution is -2.52. The first-order chi connectivity index (χ1) is 16.4. The number of hydrogen-bond donors (Lipinski definition) is 2. The van der Waals surface area contributed by atoms with Crippen molar-refractivity contribution in [3.63, 3.8) is 0 Å². The summed E-state index contributed by atoms with van der Waals surface area (Å²) in [5.41, 5.74) is 0. The first-order valence-corrected chi connectivity index (χ1v) is 12.5. The van der Waals surface area contributed by atoms with Crippen LogP contribution in [0.25, 0.3) is 0 Å². The fourth-order valence-corrected chi connectivity index (χ4v) is 5.92. The molecule has 182 valence electrons. The Labute approximate surface area is 208 Å². The number of piperidine rings is 1. The molecule has 2 saturated heterocycles. The second-order valence-electron chi connectivity index (χ2n) is 9.27. The van der Waals surface area contributed by atoms with Crippen molar-refractivity contribution < 1.29 is 19.1 Å². The Hall–Kier alpha value is -2.50. The lowest BCUT2D eigenvalue weighted by atomic mass is 9.91. The molecule has 8 nitrogen and oxygen atoms in total. The summed E-state index contributed by atoms with van der Waals surface area (Å²) in [6, 6.07) is 5.43. The van der Waals surface area contributed by atoms with Crippen molar-refractivity contribution in [1.29, 1.82) is 5.26 Å². The Kier molecular flexibility index (Phi) is 7.84. The van der Waals surface area contributed by atoms with E-state index < -0.39 is 12.1 Å². The van der Waals surface area contributed by atoms with Crippen LogP contribution in [0.3, 0.4) is 0 Å². The standard InChI is InChI=1S/C24H28Cl2N4O4/c25-16-6-7-20(19(26)10-16)34-13-21(31)30-12-15-3-1-5-18(15)22(30)24(33)29-17(11-27)9-14-4-2-8-28-23(14)32/h6-7,10,14-15,17-18,22H,1-5,8-9,12-13H2,(H,28,32)(H,29,33)/t14-,15?,17-,18-,22-/m0/s1. The minimum absolute atomic E-state index is 0.0559. The summed E-state index contributed by atoms with van der Waals surface area (Å²) in [4.78, 5) is 40.1. The molecule has 0 radical (unpaired) electrons. The van der Waals surface area contributed by atoms with Crippen molar-refractivity contribution in [3.8, 4) is 11.8 Å². The smallest absolute Gasteiger partial charge is 0.261 e. The number of carbonyl (C=O) groups excluding carboxylic acids is 3. The van der Waals surface area contributed by atoms with Gasteiger partial charge in [-0.2, -0.15) is 5.26 Å². The zero-order valence-corrected chi connectivity index (χ0v) is 20.3. The molecule has 34 heavy (non-hydrogen) atoms. The maximum atomic E-state index is 13.3. The number of rotatable bonds is 7. The number of nitriles is 1. The molecule has 0 bridgehead atoms. The lowest BCUT2D eigenvalue weighted by molar-refractivity contribution is -0.141. The largest absolute Gasteiger partial charge is 0.482 e. The van der Waals surface area contributed by atoms with Crippen LogP contribution in [0.2, 0.25) is 10.0 Å². The van der Waals surface area contributed by atoms with Crippen LogP contribution in [0.4, 0.5) is 0 Å². The van der Waals surface area contributed by atoms with Gasteiger partial charge in [0.1, 0.15) is 17.8 Å².